The Morgan fingerprint density at radius 1 is 1.05 bits per heavy atom. The zero-order valence-corrected chi connectivity index (χ0v) is 25.4. The van der Waals surface area contributed by atoms with E-state index >= 15 is 0 Å². The van der Waals surface area contributed by atoms with Gasteiger partial charge in [-0.3, -0.25) is 19.3 Å². The van der Waals surface area contributed by atoms with Gasteiger partial charge in [-0.2, -0.15) is 0 Å². The van der Waals surface area contributed by atoms with Crippen molar-refractivity contribution in [3.63, 3.8) is 0 Å². The summed E-state index contributed by atoms with van der Waals surface area (Å²) in [4.78, 5) is 46.2. The predicted molar refractivity (Wildman–Crippen MR) is 160 cm³/mol. The number of rotatable bonds is 8. The van der Waals surface area contributed by atoms with Gasteiger partial charge in [-0.1, -0.05) is 64.8 Å². The van der Waals surface area contributed by atoms with Crippen LogP contribution in [0.25, 0.3) is 0 Å². The fourth-order valence-electron chi connectivity index (χ4n) is 7.81. The van der Waals surface area contributed by atoms with E-state index in [0.717, 1.165) is 32.4 Å². The number of carbonyl (C=O) groups excluding carboxylic acids is 3. The van der Waals surface area contributed by atoms with E-state index in [1.54, 1.807) is 4.90 Å². The van der Waals surface area contributed by atoms with Gasteiger partial charge in [0.25, 0.3) is 0 Å². The lowest BCUT2D eigenvalue weighted by Crippen LogP contribution is -2.58. The molecule has 5 aliphatic rings. The van der Waals surface area contributed by atoms with Gasteiger partial charge in [0.15, 0.2) is 0 Å². The number of likely N-dealkylation sites (tertiary alicyclic amines) is 1. The number of carbonyl (C=O) groups is 3. The lowest BCUT2D eigenvalue weighted by atomic mass is 9.73. The average Bonchev–Trinajstić information content (AvgIpc) is 3.62. The highest BCUT2D eigenvalue weighted by molar-refractivity contribution is 6.02. The topological polar surface area (TPSA) is 100 Å². The van der Waals surface area contributed by atoms with Crippen molar-refractivity contribution < 1.29 is 23.9 Å². The van der Waals surface area contributed by atoms with Crippen LogP contribution >= 0.6 is 0 Å². The van der Waals surface area contributed by atoms with Crippen molar-refractivity contribution in [1.29, 1.82) is 0 Å². The van der Waals surface area contributed by atoms with E-state index in [1.807, 2.05) is 36.4 Å². The molecule has 0 radical (unpaired) electrons. The second kappa shape index (κ2) is 11.7. The summed E-state index contributed by atoms with van der Waals surface area (Å²) in [6.07, 6.45) is 6.41. The Morgan fingerprint density at radius 3 is 2.50 bits per heavy atom. The van der Waals surface area contributed by atoms with Gasteiger partial charge in [-0.25, -0.2) is 0 Å². The predicted octanol–water partition coefficient (Wildman–Crippen LogP) is 3.17. The molecule has 2 N–H and O–H groups in total. The van der Waals surface area contributed by atoms with Crippen LogP contribution < -0.4 is 10.6 Å². The first kappa shape index (κ1) is 29.3. The van der Waals surface area contributed by atoms with Gasteiger partial charge in [0.1, 0.15) is 11.6 Å². The van der Waals surface area contributed by atoms with Crippen molar-refractivity contribution in [2.75, 3.05) is 44.7 Å². The molecule has 1 saturated carbocycles. The summed E-state index contributed by atoms with van der Waals surface area (Å²) in [5, 5.41) is 6.37. The van der Waals surface area contributed by atoms with Crippen molar-refractivity contribution in [3.8, 4) is 0 Å². The number of nitrogens with one attached hydrogen (secondary N) is 2. The number of hydrogen-bond acceptors (Lipinski definition) is 6. The standard InChI is InChI=1S/C33H46N4O5/c1-20(2)23-8-10-24(11-9-23)34-30(38)27-26-12-13-33(42-26)28(27)32(40)37(15-14-36-16-18-41-19-17-36)29(33)31(39)35-25-7-5-6-21(3)22(25)4/h8-13,20-22,25-29H,5-7,14-19H2,1-4H3,(H,34,38)(H,35,39)/t21?,22?,25?,26-,27?,28-,29?,33?/m1/s1. The van der Waals surface area contributed by atoms with E-state index in [9.17, 15) is 14.4 Å². The number of anilines is 1. The second-order valence-corrected chi connectivity index (χ2v) is 13.3. The van der Waals surface area contributed by atoms with Gasteiger partial charge < -0.3 is 25.0 Å². The van der Waals surface area contributed by atoms with Crippen LogP contribution in [0, 0.1) is 23.7 Å². The molecule has 6 rings (SSSR count). The minimum atomic E-state index is -1.15. The van der Waals surface area contributed by atoms with Crippen molar-refractivity contribution in [1.82, 2.24) is 15.1 Å². The molecule has 1 spiro atoms. The third-order valence-electron chi connectivity index (χ3n) is 10.6. The van der Waals surface area contributed by atoms with E-state index < -0.39 is 29.6 Å². The summed E-state index contributed by atoms with van der Waals surface area (Å²) in [7, 11) is 0. The zero-order chi connectivity index (χ0) is 29.6. The average molecular weight is 579 g/mol. The molecule has 4 aliphatic heterocycles. The van der Waals surface area contributed by atoms with E-state index in [1.165, 1.54) is 5.56 Å². The first-order valence-electron chi connectivity index (χ1n) is 15.9. The van der Waals surface area contributed by atoms with Gasteiger partial charge >= 0.3 is 0 Å². The minimum absolute atomic E-state index is 0.0587. The van der Waals surface area contributed by atoms with Crippen LogP contribution in [0.3, 0.4) is 0 Å². The van der Waals surface area contributed by atoms with Crippen LogP contribution in [0.2, 0.25) is 0 Å². The first-order valence-corrected chi connectivity index (χ1v) is 15.9. The van der Waals surface area contributed by atoms with Crippen LogP contribution in [-0.4, -0.2) is 90.7 Å². The lowest BCUT2D eigenvalue weighted by molar-refractivity contribution is -0.142. The van der Waals surface area contributed by atoms with Crippen LogP contribution in [0.15, 0.2) is 36.4 Å². The quantitative estimate of drug-likeness (QED) is 0.460. The lowest BCUT2D eigenvalue weighted by Gasteiger charge is -2.38. The molecule has 8 atom stereocenters. The Hall–Kier alpha value is -2.75. The Kier molecular flexibility index (Phi) is 8.19. The maximum Gasteiger partial charge on any atom is 0.246 e. The molecule has 1 aliphatic carbocycles. The SMILES string of the molecule is CC(C)c1ccc(NC(=O)C2[C@H]3C=CC4(O3)C(C(=O)NC3CCCC(C)C3C)N(CCN3CCOCC3)C(=O)[C@@H]24)cc1. The van der Waals surface area contributed by atoms with Gasteiger partial charge in [0.05, 0.1) is 31.2 Å². The van der Waals surface area contributed by atoms with Crippen LogP contribution in [-0.2, 0) is 23.9 Å². The molecule has 4 heterocycles. The molecule has 1 aromatic rings. The molecule has 9 heteroatoms. The molecule has 3 saturated heterocycles. The molecule has 2 bridgehead atoms. The zero-order valence-electron chi connectivity index (χ0n) is 25.4. The minimum Gasteiger partial charge on any atom is -0.379 e. The number of nitrogens with zero attached hydrogens (tertiary/aromatic N) is 2. The third-order valence-corrected chi connectivity index (χ3v) is 10.6. The van der Waals surface area contributed by atoms with Gasteiger partial charge in [-0.05, 0) is 41.9 Å². The largest absolute Gasteiger partial charge is 0.379 e. The molecule has 4 fully saturated rings. The molecule has 6 unspecified atom stereocenters. The van der Waals surface area contributed by atoms with Crippen LogP contribution in [0.4, 0.5) is 5.69 Å². The van der Waals surface area contributed by atoms with Gasteiger partial charge in [-0.15, -0.1) is 0 Å². The smallest absolute Gasteiger partial charge is 0.246 e. The fraction of sp³-hybridized carbons (Fsp3) is 0.667. The molecule has 0 aromatic heterocycles. The summed E-state index contributed by atoms with van der Waals surface area (Å²) in [6, 6.07) is 7.08. The highest BCUT2D eigenvalue weighted by atomic mass is 16.5. The number of ether oxygens (including phenoxy) is 2. The molecule has 228 valence electrons. The Balaban J connectivity index is 1.25. The number of fused-ring (bicyclic) bond motifs is 1. The maximum atomic E-state index is 14.3. The Labute approximate surface area is 249 Å². The van der Waals surface area contributed by atoms with Crippen molar-refractivity contribution in [2.45, 2.75) is 76.7 Å². The number of morpholine rings is 1. The molecule has 3 amide bonds. The summed E-state index contributed by atoms with van der Waals surface area (Å²) in [5.41, 5.74) is 0.731. The Bertz CT molecular complexity index is 1210. The van der Waals surface area contributed by atoms with E-state index in [0.29, 0.717) is 49.7 Å². The normalized spacial score (nSPS) is 36.0. The molecule has 9 nitrogen and oxygen atoms in total. The number of benzene rings is 1. The number of hydrogen-bond donors (Lipinski definition) is 2. The summed E-state index contributed by atoms with van der Waals surface area (Å²) in [5.74, 6) is -0.766. The third kappa shape index (κ3) is 5.18. The highest BCUT2D eigenvalue weighted by Gasteiger charge is 2.72. The van der Waals surface area contributed by atoms with Crippen molar-refractivity contribution >= 4 is 23.4 Å². The van der Waals surface area contributed by atoms with Gasteiger partial charge in [0.2, 0.25) is 17.7 Å². The molecule has 1 aromatic carbocycles. The van der Waals surface area contributed by atoms with Gasteiger partial charge in [0, 0.05) is 37.9 Å². The fourth-order valence-corrected chi connectivity index (χ4v) is 7.81. The van der Waals surface area contributed by atoms with E-state index in [2.05, 4.69) is 43.2 Å². The van der Waals surface area contributed by atoms with Crippen molar-refractivity contribution in [3.05, 3.63) is 42.0 Å². The van der Waals surface area contributed by atoms with Crippen LogP contribution in [0.5, 0.6) is 0 Å². The van der Waals surface area contributed by atoms with Crippen molar-refractivity contribution in [2.24, 2.45) is 23.7 Å². The molecule has 42 heavy (non-hydrogen) atoms. The van der Waals surface area contributed by atoms with E-state index in [4.69, 9.17) is 9.47 Å². The number of amides is 3. The second-order valence-electron chi connectivity index (χ2n) is 13.3. The van der Waals surface area contributed by atoms with E-state index in [-0.39, 0.29) is 23.8 Å². The summed E-state index contributed by atoms with van der Waals surface area (Å²) in [6.45, 7) is 12.7. The first-order chi connectivity index (χ1) is 20.2. The molecular formula is C33H46N4O5. The Morgan fingerprint density at radius 2 is 1.79 bits per heavy atom. The maximum absolute atomic E-state index is 14.3. The summed E-state index contributed by atoms with van der Waals surface area (Å²) < 4.78 is 12.0. The monoisotopic (exact) mass is 578 g/mol. The van der Waals surface area contributed by atoms with Crippen LogP contribution in [0.1, 0.15) is 58.4 Å². The highest BCUT2D eigenvalue weighted by Crippen LogP contribution is 2.55. The summed E-state index contributed by atoms with van der Waals surface area (Å²) >= 11 is 0. The molecular weight excluding hydrogens is 532 g/mol.